The number of hydrogen-bond donors (Lipinski definition) is 2. The van der Waals surface area contributed by atoms with Crippen LogP contribution in [0.3, 0.4) is 0 Å². The van der Waals surface area contributed by atoms with Crippen LogP contribution in [-0.2, 0) is 4.79 Å². The van der Waals surface area contributed by atoms with Crippen LogP contribution in [0.1, 0.15) is 20.8 Å². The summed E-state index contributed by atoms with van der Waals surface area (Å²) in [5.41, 5.74) is 0.157. The van der Waals surface area contributed by atoms with Crippen LogP contribution >= 0.6 is 15.9 Å². The van der Waals surface area contributed by atoms with Gasteiger partial charge in [0.1, 0.15) is 5.75 Å². The van der Waals surface area contributed by atoms with Crippen LogP contribution in [-0.4, -0.2) is 24.4 Å². The first-order valence-electron chi connectivity index (χ1n) is 6.06. The molecule has 0 aliphatic heterocycles. The lowest BCUT2D eigenvalue weighted by atomic mass is 10.1. The fourth-order valence-electron chi connectivity index (χ4n) is 1.46. The van der Waals surface area contributed by atoms with E-state index in [-0.39, 0.29) is 28.2 Å². The molecule has 0 aliphatic carbocycles. The van der Waals surface area contributed by atoms with Crippen molar-refractivity contribution in [3.05, 3.63) is 22.7 Å². The normalized spacial score (nSPS) is 12.0. The second-order valence-electron chi connectivity index (χ2n) is 5.34. The van der Waals surface area contributed by atoms with Gasteiger partial charge in [-0.25, -0.2) is 0 Å². The number of carbonyl (C=O) groups excluding carboxylic acids is 1. The first-order chi connectivity index (χ1) is 9.46. The molecule has 1 aromatic rings. The standard InChI is InChI=1S/C13H16BrF3N2O2/c1-12(2,3)19-11(20)7-18-8-4-5-10(9(14)6-8)21-13(15,16)17/h4-6,18H,7H2,1-3H3,(H,19,20). The van der Waals surface area contributed by atoms with Gasteiger partial charge in [0, 0.05) is 11.2 Å². The van der Waals surface area contributed by atoms with Crippen molar-refractivity contribution in [3.63, 3.8) is 0 Å². The first-order valence-corrected chi connectivity index (χ1v) is 6.86. The zero-order valence-corrected chi connectivity index (χ0v) is 13.4. The van der Waals surface area contributed by atoms with Gasteiger partial charge in [-0.15, -0.1) is 13.2 Å². The van der Waals surface area contributed by atoms with Gasteiger partial charge in [-0.1, -0.05) is 0 Å². The topological polar surface area (TPSA) is 50.4 Å². The maximum atomic E-state index is 12.1. The van der Waals surface area contributed by atoms with Crippen LogP contribution in [0.15, 0.2) is 22.7 Å². The van der Waals surface area contributed by atoms with E-state index < -0.39 is 6.36 Å². The van der Waals surface area contributed by atoms with Crippen LogP contribution < -0.4 is 15.4 Å². The molecule has 1 aromatic carbocycles. The molecule has 118 valence electrons. The lowest BCUT2D eigenvalue weighted by molar-refractivity contribution is -0.274. The van der Waals surface area contributed by atoms with Crippen molar-refractivity contribution in [1.29, 1.82) is 0 Å². The number of nitrogens with one attached hydrogen (secondary N) is 2. The van der Waals surface area contributed by atoms with Crippen LogP contribution in [0, 0.1) is 0 Å². The summed E-state index contributed by atoms with van der Waals surface area (Å²) in [6, 6.07) is 3.98. The molecular weight excluding hydrogens is 353 g/mol. The SMILES string of the molecule is CC(C)(C)NC(=O)CNc1ccc(OC(F)(F)F)c(Br)c1. The van der Waals surface area contributed by atoms with Crippen LogP contribution in [0.25, 0.3) is 0 Å². The molecule has 0 atom stereocenters. The second kappa shape index (κ2) is 6.55. The van der Waals surface area contributed by atoms with Crippen molar-refractivity contribution < 1.29 is 22.7 Å². The molecule has 0 saturated carbocycles. The molecule has 8 heteroatoms. The van der Waals surface area contributed by atoms with Gasteiger partial charge in [0.15, 0.2) is 0 Å². The predicted molar refractivity (Wildman–Crippen MR) is 77.2 cm³/mol. The van der Waals surface area contributed by atoms with E-state index in [0.717, 1.165) is 0 Å². The van der Waals surface area contributed by atoms with Gasteiger partial charge in [0.25, 0.3) is 0 Å². The molecule has 0 bridgehead atoms. The van der Waals surface area contributed by atoms with Crippen LogP contribution in [0.5, 0.6) is 5.75 Å². The summed E-state index contributed by atoms with van der Waals surface area (Å²) in [5, 5.41) is 5.58. The van der Waals surface area contributed by atoms with Gasteiger partial charge in [-0.2, -0.15) is 0 Å². The van der Waals surface area contributed by atoms with E-state index in [1.54, 1.807) is 0 Å². The Kier molecular flexibility index (Phi) is 5.49. The number of ether oxygens (including phenoxy) is 1. The molecule has 21 heavy (non-hydrogen) atoms. The van der Waals surface area contributed by atoms with Crippen LogP contribution in [0.4, 0.5) is 18.9 Å². The maximum absolute atomic E-state index is 12.1. The highest BCUT2D eigenvalue weighted by Gasteiger charge is 2.31. The van der Waals surface area contributed by atoms with Gasteiger partial charge >= 0.3 is 6.36 Å². The highest BCUT2D eigenvalue weighted by Crippen LogP contribution is 2.32. The Labute approximate surface area is 129 Å². The molecule has 0 radical (unpaired) electrons. The molecule has 0 heterocycles. The van der Waals surface area contributed by atoms with E-state index in [9.17, 15) is 18.0 Å². The average Bonchev–Trinajstić information content (AvgIpc) is 2.26. The highest BCUT2D eigenvalue weighted by atomic mass is 79.9. The van der Waals surface area contributed by atoms with Crippen LogP contribution in [0.2, 0.25) is 0 Å². The number of hydrogen-bond acceptors (Lipinski definition) is 3. The second-order valence-corrected chi connectivity index (χ2v) is 6.20. The Morgan fingerprint density at radius 1 is 1.29 bits per heavy atom. The summed E-state index contributed by atoms with van der Waals surface area (Å²) in [7, 11) is 0. The van der Waals surface area contributed by atoms with Crippen molar-refractivity contribution >= 4 is 27.5 Å². The molecule has 0 saturated heterocycles. The summed E-state index contributed by atoms with van der Waals surface area (Å²) in [6.07, 6.45) is -4.75. The van der Waals surface area contributed by atoms with Gasteiger partial charge < -0.3 is 15.4 Å². The average molecular weight is 369 g/mol. The Morgan fingerprint density at radius 2 is 1.90 bits per heavy atom. The lowest BCUT2D eigenvalue weighted by Gasteiger charge is -2.20. The molecule has 1 rings (SSSR count). The molecule has 0 aliphatic rings. The zero-order chi connectivity index (χ0) is 16.3. The predicted octanol–water partition coefficient (Wildman–Crippen LogP) is 3.67. The van der Waals surface area contributed by atoms with Crippen molar-refractivity contribution in [2.75, 3.05) is 11.9 Å². The van der Waals surface area contributed by atoms with Crippen molar-refractivity contribution in [2.24, 2.45) is 0 Å². The lowest BCUT2D eigenvalue weighted by Crippen LogP contribution is -2.43. The molecular formula is C13H16BrF3N2O2. The Bertz CT molecular complexity index is 513. The highest BCUT2D eigenvalue weighted by molar-refractivity contribution is 9.10. The Hall–Kier alpha value is -1.44. The summed E-state index contributed by atoms with van der Waals surface area (Å²) in [5.74, 6) is -0.554. The summed E-state index contributed by atoms with van der Waals surface area (Å²) in [4.78, 5) is 11.6. The molecule has 2 N–H and O–H groups in total. The largest absolute Gasteiger partial charge is 0.573 e. The zero-order valence-electron chi connectivity index (χ0n) is 11.8. The monoisotopic (exact) mass is 368 g/mol. The van der Waals surface area contributed by atoms with E-state index in [1.165, 1.54) is 18.2 Å². The van der Waals surface area contributed by atoms with Gasteiger partial charge in [-0.3, -0.25) is 4.79 Å². The Morgan fingerprint density at radius 3 is 2.38 bits per heavy atom. The van der Waals surface area contributed by atoms with E-state index in [1.807, 2.05) is 20.8 Å². The molecule has 0 spiro atoms. The number of anilines is 1. The van der Waals surface area contributed by atoms with Crippen molar-refractivity contribution in [3.8, 4) is 5.75 Å². The third-order valence-electron chi connectivity index (χ3n) is 2.13. The molecule has 4 nitrogen and oxygen atoms in total. The fourth-order valence-corrected chi connectivity index (χ4v) is 1.92. The van der Waals surface area contributed by atoms with E-state index in [0.29, 0.717) is 5.69 Å². The minimum absolute atomic E-state index is 0.0170. The number of benzene rings is 1. The molecule has 0 fully saturated rings. The number of rotatable bonds is 4. The quantitative estimate of drug-likeness (QED) is 0.852. The third kappa shape index (κ3) is 7.22. The fraction of sp³-hybridized carbons (Fsp3) is 0.462. The number of halogens is 4. The molecule has 0 unspecified atom stereocenters. The van der Waals surface area contributed by atoms with E-state index >= 15 is 0 Å². The third-order valence-corrected chi connectivity index (χ3v) is 2.74. The smallest absolute Gasteiger partial charge is 0.405 e. The minimum atomic E-state index is -4.75. The molecule has 0 aromatic heterocycles. The maximum Gasteiger partial charge on any atom is 0.573 e. The summed E-state index contributed by atoms with van der Waals surface area (Å²) >= 11 is 2.99. The summed E-state index contributed by atoms with van der Waals surface area (Å²) < 4.78 is 40.3. The summed E-state index contributed by atoms with van der Waals surface area (Å²) in [6.45, 7) is 5.57. The minimum Gasteiger partial charge on any atom is -0.405 e. The van der Waals surface area contributed by atoms with E-state index in [2.05, 4.69) is 31.3 Å². The van der Waals surface area contributed by atoms with Gasteiger partial charge in [0.05, 0.1) is 11.0 Å². The Balaban J connectivity index is 2.62. The van der Waals surface area contributed by atoms with E-state index in [4.69, 9.17) is 0 Å². The number of alkyl halides is 3. The molecule has 1 amide bonds. The van der Waals surface area contributed by atoms with Gasteiger partial charge in [-0.05, 0) is 54.9 Å². The van der Waals surface area contributed by atoms with Gasteiger partial charge in [0.2, 0.25) is 5.91 Å². The van der Waals surface area contributed by atoms with Crippen molar-refractivity contribution in [2.45, 2.75) is 32.7 Å². The number of amides is 1. The van der Waals surface area contributed by atoms with Crippen molar-refractivity contribution in [1.82, 2.24) is 5.32 Å². The number of carbonyl (C=O) groups is 1. The first kappa shape index (κ1) is 17.6.